The maximum absolute atomic E-state index is 4.21. The number of aromatic nitrogens is 1. The van der Waals surface area contributed by atoms with Crippen LogP contribution in [0.4, 0.5) is 0 Å². The van der Waals surface area contributed by atoms with Crippen LogP contribution in [0.15, 0.2) is 48.8 Å². The van der Waals surface area contributed by atoms with Crippen LogP contribution in [0.3, 0.4) is 0 Å². The van der Waals surface area contributed by atoms with Gasteiger partial charge in [0.25, 0.3) is 0 Å². The average Bonchev–Trinajstić information content (AvgIpc) is 2.39. The van der Waals surface area contributed by atoms with Crippen molar-refractivity contribution in [3.63, 3.8) is 0 Å². The van der Waals surface area contributed by atoms with Gasteiger partial charge in [-0.1, -0.05) is 30.3 Å². The van der Waals surface area contributed by atoms with Crippen molar-refractivity contribution >= 4 is 0 Å². The molecule has 0 spiro atoms. The molecule has 0 bridgehead atoms. The fraction of sp³-hybridized carbons (Fsp3) is 0.214. The summed E-state index contributed by atoms with van der Waals surface area (Å²) in [6.45, 7) is 1.98. The number of rotatable bonds is 1. The lowest BCUT2D eigenvalue weighted by Gasteiger charge is -2.26. The fourth-order valence-electron chi connectivity index (χ4n) is 2.38. The lowest BCUT2D eigenvalue weighted by Crippen LogP contribution is -2.28. The normalized spacial score (nSPS) is 19.1. The van der Waals surface area contributed by atoms with E-state index in [4.69, 9.17) is 0 Å². The Kier molecular flexibility index (Phi) is 2.43. The molecule has 1 aliphatic heterocycles. The van der Waals surface area contributed by atoms with Crippen molar-refractivity contribution in [2.24, 2.45) is 0 Å². The van der Waals surface area contributed by atoms with E-state index in [0.717, 1.165) is 13.1 Å². The number of benzene rings is 1. The third-order valence-corrected chi connectivity index (χ3v) is 3.18. The van der Waals surface area contributed by atoms with Crippen LogP contribution < -0.4 is 5.32 Å². The van der Waals surface area contributed by atoms with Crippen LogP contribution >= 0.6 is 0 Å². The van der Waals surface area contributed by atoms with E-state index in [2.05, 4.69) is 40.6 Å². The lowest BCUT2D eigenvalue weighted by atomic mass is 9.86. The van der Waals surface area contributed by atoms with Crippen molar-refractivity contribution in [2.75, 3.05) is 6.54 Å². The summed E-state index contributed by atoms with van der Waals surface area (Å²) in [5.74, 6) is 0.443. The van der Waals surface area contributed by atoms with Crippen molar-refractivity contribution in [1.29, 1.82) is 0 Å². The van der Waals surface area contributed by atoms with Gasteiger partial charge in [0.2, 0.25) is 0 Å². The van der Waals surface area contributed by atoms with Gasteiger partial charge >= 0.3 is 0 Å². The third-order valence-electron chi connectivity index (χ3n) is 3.18. The van der Waals surface area contributed by atoms with E-state index >= 15 is 0 Å². The lowest BCUT2D eigenvalue weighted by molar-refractivity contribution is 0.590. The highest BCUT2D eigenvalue weighted by molar-refractivity contribution is 5.39. The van der Waals surface area contributed by atoms with Gasteiger partial charge in [0.1, 0.15) is 0 Å². The largest absolute Gasteiger partial charge is 0.312 e. The SMILES string of the molecule is c1cncc(C2CNCc3ccccc32)c1. The molecule has 2 aromatic rings. The second-order valence-corrected chi connectivity index (χ2v) is 4.17. The topological polar surface area (TPSA) is 24.9 Å². The summed E-state index contributed by atoms with van der Waals surface area (Å²) in [5, 5.41) is 3.46. The van der Waals surface area contributed by atoms with E-state index in [-0.39, 0.29) is 0 Å². The molecule has 16 heavy (non-hydrogen) atoms. The number of pyridine rings is 1. The van der Waals surface area contributed by atoms with Crippen LogP contribution in [0.1, 0.15) is 22.6 Å². The maximum Gasteiger partial charge on any atom is 0.0306 e. The Hall–Kier alpha value is -1.67. The van der Waals surface area contributed by atoms with Gasteiger partial charge in [-0.05, 0) is 22.8 Å². The molecule has 1 aromatic carbocycles. The van der Waals surface area contributed by atoms with Gasteiger partial charge in [-0.25, -0.2) is 0 Å². The first-order valence-corrected chi connectivity index (χ1v) is 5.63. The van der Waals surface area contributed by atoms with Gasteiger partial charge in [0.05, 0.1) is 0 Å². The van der Waals surface area contributed by atoms with Gasteiger partial charge in [-0.15, -0.1) is 0 Å². The second-order valence-electron chi connectivity index (χ2n) is 4.17. The minimum absolute atomic E-state index is 0.443. The molecule has 2 nitrogen and oxygen atoms in total. The molecule has 2 heterocycles. The summed E-state index contributed by atoms with van der Waals surface area (Å²) in [7, 11) is 0. The number of fused-ring (bicyclic) bond motifs is 1. The van der Waals surface area contributed by atoms with E-state index in [1.54, 1.807) is 0 Å². The van der Waals surface area contributed by atoms with Crippen LogP contribution in [0.2, 0.25) is 0 Å². The Morgan fingerprint density at radius 1 is 1.12 bits per heavy atom. The first-order chi connectivity index (χ1) is 7.95. The van der Waals surface area contributed by atoms with Crippen LogP contribution in [0, 0.1) is 0 Å². The van der Waals surface area contributed by atoms with Crippen molar-refractivity contribution < 1.29 is 0 Å². The molecule has 0 saturated heterocycles. The second kappa shape index (κ2) is 4.06. The third kappa shape index (κ3) is 1.61. The smallest absolute Gasteiger partial charge is 0.0306 e. The highest BCUT2D eigenvalue weighted by Crippen LogP contribution is 2.29. The summed E-state index contributed by atoms with van der Waals surface area (Å²) in [5.41, 5.74) is 4.14. The predicted molar refractivity (Wildman–Crippen MR) is 64.2 cm³/mol. The van der Waals surface area contributed by atoms with E-state index in [1.165, 1.54) is 16.7 Å². The molecule has 1 aromatic heterocycles. The number of nitrogens with zero attached hydrogens (tertiary/aromatic N) is 1. The highest BCUT2D eigenvalue weighted by atomic mass is 14.9. The van der Waals surface area contributed by atoms with E-state index in [0.29, 0.717) is 5.92 Å². The van der Waals surface area contributed by atoms with E-state index in [1.807, 2.05) is 18.5 Å². The molecule has 0 aliphatic carbocycles. The van der Waals surface area contributed by atoms with Gasteiger partial charge < -0.3 is 5.32 Å². The number of hydrogen-bond acceptors (Lipinski definition) is 2. The Morgan fingerprint density at radius 3 is 2.94 bits per heavy atom. The van der Waals surface area contributed by atoms with Crippen LogP contribution in [0.5, 0.6) is 0 Å². The molecule has 0 saturated carbocycles. The minimum Gasteiger partial charge on any atom is -0.312 e. The Bertz CT molecular complexity index is 479. The molecule has 80 valence electrons. The highest BCUT2D eigenvalue weighted by Gasteiger charge is 2.20. The molecular formula is C14H14N2. The maximum atomic E-state index is 4.21. The van der Waals surface area contributed by atoms with Gasteiger partial charge in [0.15, 0.2) is 0 Å². The molecule has 3 rings (SSSR count). The summed E-state index contributed by atoms with van der Waals surface area (Å²) in [6.07, 6.45) is 3.79. The van der Waals surface area contributed by atoms with Crippen molar-refractivity contribution in [3.05, 3.63) is 65.5 Å². The first kappa shape index (κ1) is 9.55. The molecule has 1 N–H and O–H groups in total. The fourth-order valence-corrected chi connectivity index (χ4v) is 2.38. The summed E-state index contributed by atoms with van der Waals surface area (Å²) >= 11 is 0. The monoisotopic (exact) mass is 210 g/mol. The molecule has 0 radical (unpaired) electrons. The molecular weight excluding hydrogens is 196 g/mol. The molecule has 2 heteroatoms. The predicted octanol–water partition coefficient (Wildman–Crippen LogP) is 2.32. The number of nitrogens with one attached hydrogen (secondary N) is 1. The standard InChI is InChI=1S/C14H14N2/c1-2-6-13-11(4-1)9-16-10-14(13)12-5-3-7-15-8-12/h1-8,14,16H,9-10H2. The van der Waals surface area contributed by atoms with Crippen molar-refractivity contribution in [2.45, 2.75) is 12.5 Å². The van der Waals surface area contributed by atoms with Crippen LogP contribution in [-0.4, -0.2) is 11.5 Å². The molecule has 1 aliphatic rings. The molecule has 0 fully saturated rings. The van der Waals surface area contributed by atoms with Crippen molar-refractivity contribution in [1.82, 2.24) is 10.3 Å². The average molecular weight is 210 g/mol. The Labute approximate surface area is 95.3 Å². The van der Waals surface area contributed by atoms with Crippen molar-refractivity contribution in [3.8, 4) is 0 Å². The quantitative estimate of drug-likeness (QED) is 0.781. The van der Waals surface area contributed by atoms with E-state index in [9.17, 15) is 0 Å². The minimum atomic E-state index is 0.443. The zero-order chi connectivity index (χ0) is 10.8. The summed E-state index contributed by atoms with van der Waals surface area (Å²) < 4.78 is 0. The van der Waals surface area contributed by atoms with Crippen LogP contribution in [-0.2, 0) is 6.54 Å². The molecule has 1 unspecified atom stereocenters. The zero-order valence-electron chi connectivity index (χ0n) is 9.06. The molecule has 1 atom stereocenters. The number of hydrogen-bond donors (Lipinski definition) is 1. The Balaban J connectivity index is 2.05. The van der Waals surface area contributed by atoms with Gasteiger partial charge in [-0.3, -0.25) is 4.98 Å². The molecule has 0 amide bonds. The van der Waals surface area contributed by atoms with E-state index < -0.39 is 0 Å². The first-order valence-electron chi connectivity index (χ1n) is 5.63. The van der Waals surface area contributed by atoms with Gasteiger partial charge in [-0.2, -0.15) is 0 Å². The zero-order valence-corrected chi connectivity index (χ0v) is 9.06. The Morgan fingerprint density at radius 2 is 2.06 bits per heavy atom. The summed E-state index contributed by atoms with van der Waals surface area (Å²) in [6, 6.07) is 12.8. The summed E-state index contributed by atoms with van der Waals surface area (Å²) in [4.78, 5) is 4.21. The van der Waals surface area contributed by atoms with Gasteiger partial charge in [0, 0.05) is 31.4 Å². The van der Waals surface area contributed by atoms with Crippen LogP contribution in [0.25, 0.3) is 0 Å².